The predicted molar refractivity (Wildman–Crippen MR) is 110 cm³/mol. The molecule has 0 fully saturated rings. The lowest BCUT2D eigenvalue weighted by molar-refractivity contribution is -0.116. The Morgan fingerprint density at radius 2 is 1.89 bits per heavy atom. The Labute approximate surface area is 166 Å². The predicted octanol–water partition coefficient (Wildman–Crippen LogP) is 3.84. The lowest BCUT2D eigenvalue weighted by Crippen LogP contribution is -2.13. The first-order valence-corrected chi connectivity index (χ1v) is 9.49. The van der Waals surface area contributed by atoms with E-state index in [2.05, 4.69) is 15.6 Å². The number of aryl methyl sites for hydroxylation is 1. The van der Waals surface area contributed by atoms with Gasteiger partial charge in [-0.15, -0.1) is 0 Å². The molecule has 2 N–H and O–H groups in total. The molecule has 28 heavy (non-hydrogen) atoms. The number of amides is 2. The first-order valence-electron chi connectivity index (χ1n) is 8.67. The monoisotopic (exact) mass is 399 g/mol. The number of benzene rings is 2. The summed E-state index contributed by atoms with van der Waals surface area (Å²) >= 11 is 1.41. The summed E-state index contributed by atoms with van der Waals surface area (Å²) < 4.78 is 11.4. The summed E-state index contributed by atoms with van der Waals surface area (Å²) in [5.74, 6) is 0.951. The van der Waals surface area contributed by atoms with Crippen molar-refractivity contribution < 1.29 is 19.1 Å². The van der Waals surface area contributed by atoms with Gasteiger partial charge in [-0.1, -0.05) is 17.4 Å². The van der Waals surface area contributed by atoms with Crippen molar-refractivity contribution in [1.29, 1.82) is 0 Å². The fourth-order valence-corrected chi connectivity index (χ4v) is 3.68. The van der Waals surface area contributed by atoms with Crippen LogP contribution < -0.4 is 20.1 Å². The first-order chi connectivity index (χ1) is 13.5. The zero-order valence-electron chi connectivity index (χ0n) is 15.9. The SMILES string of the molecule is COc1ccc(NC(=O)CCc2ccc3nc(NC(C)=O)sc3c2)c(OC)c1. The third-order valence-corrected chi connectivity index (χ3v) is 4.99. The molecule has 146 valence electrons. The van der Waals surface area contributed by atoms with Gasteiger partial charge >= 0.3 is 0 Å². The summed E-state index contributed by atoms with van der Waals surface area (Å²) in [6.45, 7) is 1.45. The van der Waals surface area contributed by atoms with Crippen LogP contribution >= 0.6 is 11.3 Å². The number of carbonyl (C=O) groups excluding carboxylic acids is 2. The largest absolute Gasteiger partial charge is 0.497 e. The normalized spacial score (nSPS) is 10.5. The van der Waals surface area contributed by atoms with Crippen LogP contribution in [0.25, 0.3) is 10.2 Å². The molecule has 3 aromatic rings. The molecule has 0 unspecified atom stereocenters. The molecule has 2 amide bonds. The zero-order chi connectivity index (χ0) is 20.1. The minimum atomic E-state index is -0.148. The van der Waals surface area contributed by atoms with E-state index in [0.717, 1.165) is 15.8 Å². The van der Waals surface area contributed by atoms with Crippen LogP contribution in [0.15, 0.2) is 36.4 Å². The topological polar surface area (TPSA) is 89.5 Å². The average molecular weight is 399 g/mol. The van der Waals surface area contributed by atoms with E-state index in [4.69, 9.17) is 9.47 Å². The Kier molecular flexibility index (Phi) is 6.10. The van der Waals surface area contributed by atoms with Crippen LogP contribution in [0.1, 0.15) is 18.9 Å². The molecule has 7 nitrogen and oxygen atoms in total. The number of thiazole rings is 1. The van der Waals surface area contributed by atoms with Gasteiger partial charge in [-0.25, -0.2) is 4.98 Å². The molecular formula is C20H21N3O4S. The van der Waals surface area contributed by atoms with Crippen molar-refractivity contribution in [2.24, 2.45) is 0 Å². The highest BCUT2D eigenvalue weighted by Gasteiger charge is 2.10. The van der Waals surface area contributed by atoms with E-state index in [1.165, 1.54) is 18.3 Å². The van der Waals surface area contributed by atoms with Crippen molar-refractivity contribution in [2.75, 3.05) is 24.9 Å². The van der Waals surface area contributed by atoms with E-state index < -0.39 is 0 Å². The van der Waals surface area contributed by atoms with Crippen molar-refractivity contribution in [1.82, 2.24) is 4.98 Å². The molecule has 0 aliphatic heterocycles. The summed E-state index contributed by atoms with van der Waals surface area (Å²) in [5, 5.41) is 6.14. The Balaban J connectivity index is 1.63. The number of rotatable bonds is 7. The molecule has 0 bridgehead atoms. The Bertz CT molecular complexity index is 1020. The minimum absolute atomic E-state index is 0.105. The maximum Gasteiger partial charge on any atom is 0.224 e. The van der Waals surface area contributed by atoms with Gasteiger partial charge in [-0.3, -0.25) is 9.59 Å². The van der Waals surface area contributed by atoms with E-state index >= 15 is 0 Å². The standard InChI is InChI=1S/C20H21N3O4S/c1-12(24)21-20-23-16-7-4-13(10-18(16)28-20)5-9-19(25)22-15-8-6-14(26-2)11-17(15)27-3/h4,6-8,10-11H,5,9H2,1-3H3,(H,22,25)(H,21,23,24). The van der Waals surface area contributed by atoms with Crippen LogP contribution in [0.5, 0.6) is 11.5 Å². The van der Waals surface area contributed by atoms with Gasteiger partial charge in [-0.05, 0) is 36.2 Å². The molecule has 0 spiro atoms. The molecule has 1 heterocycles. The van der Waals surface area contributed by atoms with Crippen LogP contribution in [0, 0.1) is 0 Å². The Morgan fingerprint density at radius 3 is 2.61 bits per heavy atom. The van der Waals surface area contributed by atoms with E-state index in [9.17, 15) is 9.59 Å². The molecule has 0 radical (unpaired) electrons. The van der Waals surface area contributed by atoms with Gasteiger partial charge in [0.05, 0.1) is 30.1 Å². The smallest absolute Gasteiger partial charge is 0.224 e. The summed E-state index contributed by atoms with van der Waals surface area (Å²) in [6.07, 6.45) is 0.922. The van der Waals surface area contributed by atoms with Gasteiger partial charge in [0.15, 0.2) is 5.13 Å². The van der Waals surface area contributed by atoms with Crippen molar-refractivity contribution >= 4 is 44.2 Å². The highest BCUT2D eigenvalue weighted by atomic mass is 32.1. The van der Waals surface area contributed by atoms with Gasteiger partial charge in [0.2, 0.25) is 11.8 Å². The number of hydrogen-bond donors (Lipinski definition) is 2. The molecule has 3 rings (SSSR count). The number of methoxy groups -OCH3 is 2. The number of nitrogens with one attached hydrogen (secondary N) is 2. The van der Waals surface area contributed by atoms with Gasteiger partial charge in [0.1, 0.15) is 11.5 Å². The molecule has 0 saturated heterocycles. The molecule has 8 heteroatoms. The maximum atomic E-state index is 12.3. The zero-order valence-corrected chi connectivity index (χ0v) is 16.7. The fraction of sp³-hybridized carbons (Fsp3) is 0.250. The van der Waals surface area contributed by atoms with Gasteiger partial charge in [-0.2, -0.15) is 0 Å². The van der Waals surface area contributed by atoms with Crippen molar-refractivity contribution in [3.05, 3.63) is 42.0 Å². The van der Waals surface area contributed by atoms with Crippen molar-refractivity contribution in [3.63, 3.8) is 0 Å². The van der Waals surface area contributed by atoms with E-state index in [-0.39, 0.29) is 11.8 Å². The average Bonchev–Trinajstić information content (AvgIpc) is 3.07. The highest BCUT2D eigenvalue weighted by molar-refractivity contribution is 7.22. The summed E-state index contributed by atoms with van der Waals surface area (Å²) in [5.41, 5.74) is 2.46. The molecule has 0 atom stereocenters. The van der Waals surface area contributed by atoms with E-state index in [1.807, 2.05) is 18.2 Å². The summed E-state index contributed by atoms with van der Waals surface area (Å²) in [4.78, 5) is 27.9. The van der Waals surface area contributed by atoms with Crippen LogP contribution in [0.4, 0.5) is 10.8 Å². The van der Waals surface area contributed by atoms with Gasteiger partial charge < -0.3 is 20.1 Å². The van der Waals surface area contributed by atoms with Crippen molar-refractivity contribution in [2.45, 2.75) is 19.8 Å². The number of anilines is 2. The molecule has 0 saturated carbocycles. The minimum Gasteiger partial charge on any atom is -0.497 e. The molecule has 2 aromatic carbocycles. The van der Waals surface area contributed by atoms with E-state index in [1.54, 1.807) is 32.4 Å². The number of ether oxygens (including phenoxy) is 2. The molecule has 0 aliphatic carbocycles. The first kappa shape index (κ1) is 19.6. The van der Waals surface area contributed by atoms with Gasteiger partial charge in [0.25, 0.3) is 0 Å². The lowest BCUT2D eigenvalue weighted by Gasteiger charge is -2.11. The van der Waals surface area contributed by atoms with Crippen molar-refractivity contribution in [3.8, 4) is 11.5 Å². The second-order valence-electron chi connectivity index (χ2n) is 6.12. The van der Waals surface area contributed by atoms with Crippen LogP contribution in [-0.4, -0.2) is 31.0 Å². The maximum absolute atomic E-state index is 12.3. The number of hydrogen-bond acceptors (Lipinski definition) is 6. The number of aromatic nitrogens is 1. The summed E-state index contributed by atoms with van der Waals surface area (Å²) in [7, 11) is 3.12. The quantitative estimate of drug-likeness (QED) is 0.630. The molecular weight excluding hydrogens is 378 g/mol. The van der Waals surface area contributed by atoms with Crippen LogP contribution in [-0.2, 0) is 16.0 Å². The fourth-order valence-electron chi connectivity index (χ4n) is 2.70. The molecule has 1 aromatic heterocycles. The van der Waals surface area contributed by atoms with Crippen LogP contribution in [0.2, 0.25) is 0 Å². The van der Waals surface area contributed by atoms with Gasteiger partial charge in [0, 0.05) is 19.4 Å². The third kappa shape index (κ3) is 4.77. The Hall–Kier alpha value is -3.13. The lowest BCUT2D eigenvalue weighted by atomic mass is 10.1. The second-order valence-corrected chi connectivity index (χ2v) is 7.15. The number of fused-ring (bicyclic) bond motifs is 1. The summed E-state index contributed by atoms with van der Waals surface area (Å²) in [6, 6.07) is 11.1. The number of carbonyl (C=O) groups is 2. The molecule has 0 aliphatic rings. The van der Waals surface area contributed by atoms with Crippen LogP contribution in [0.3, 0.4) is 0 Å². The highest BCUT2D eigenvalue weighted by Crippen LogP contribution is 2.30. The third-order valence-electron chi connectivity index (χ3n) is 4.06. The van der Waals surface area contributed by atoms with E-state index in [0.29, 0.717) is 35.2 Å². The number of nitrogens with zero attached hydrogens (tertiary/aromatic N) is 1. The Morgan fingerprint density at radius 1 is 1.07 bits per heavy atom. The second kappa shape index (κ2) is 8.71.